The maximum atomic E-state index is 3.12. The molecule has 0 aliphatic rings. The third-order valence-electron chi connectivity index (χ3n) is 1.71. The summed E-state index contributed by atoms with van der Waals surface area (Å²) in [6.07, 6.45) is 0. The monoisotopic (exact) mass is 182 g/mol. The van der Waals surface area contributed by atoms with Gasteiger partial charge in [0.1, 0.15) is 0 Å². The zero-order valence-corrected chi connectivity index (χ0v) is 8.46. The summed E-state index contributed by atoms with van der Waals surface area (Å²) in [5.41, 5.74) is 2.63. The number of rotatable bonds is 4. The van der Waals surface area contributed by atoms with Crippen LogP contribution in [0, 0.1) is 0 Å². The van der Waals surface area contributed by atoms with Crippen LogP contribution < -0.4 is 10.4 Å². The van der Waals surface area contributed by atoms with Gasteiger partial charge in [0.2, 0.25) is 0 Å². The van der Waals surface area contributed by atoms with Gasteiger partial charge in [0.25, 0.3) is 0 Å². The van der Waals surface area contributed by atoms with Gasteiger partial charge in [0.05, 0.1) is 0 Å². The average Bonchev–Trinajstić information content (AvgIpc) is 2.09. The van der Waals surface area contributed by atoms with Crippen LogP contribution in [0.4, 0.5) is 0 Å². The Morgan fingerprint density at radius 2 is 1.58 bits per heavy atom. The number of hydrogen-bond donors (Lipinski definition) is 2. The van der Waals surface area contributed by atoms with Crippen molar-refractivity contribution < 1.29 is 0 Å². The van der Waals surface area contributed by atoms with E-state index in [-0.39, 0.29) is 0 Å². The van der Waals surface area contributed by atoms with E-state index in [9.17, 15) is 0 Å². The largest absolute Gasteiger partial charge is 0.316 e. The van der Waals surface area contributed by atoms with Crippen LogP contribution in [-0.4, -0.2) is 7.05 Å². The Kier molecular flexibility index (Phi) is 4.23. The SMILES string of the molecule is CNCc1ccc(CNP)cc1. The number of hydrogen-bond acceptors (Lipinski definition) is 2. The van der Waals surface area contributed by atoms with Crippen LogP contribution >= 0.6 is 9.39 Å². The molecule has 0 bridgehead atoms. The molecule has 3 heteroatoms. The minimum absolute atomic E-state index is 0.907. The molecule has 66 valence electrons. The van der Waals surface area contributed by atoms with Crippen molar-refractivity contribution >= 4 is 9.39 Å². The molecule has 0 aromatic heterocycles. The lowest BCUT2D eigenvalue weighted by atomic mass is 10.1. The minimum Gasteiger partial charge on any atom is -0.316 e. The fourth-order valence-electron chi connectivity index (χ4n) is 1.10. The summed E-state index contributed by atoms with van der Waals surface area (Å²) < 4.78 is 0. The van der Waals surface area contributed by atoms with Crippen LogP contribution in [0.1, 0.15) is 11.1 Å². The van der Waals surface area contributed by atoms with Gasteiger partial charge in [-0.1, -0.05) is 33.7 Å². The predicted octanol–water partition coefficient (Wildman–Crippen LogP) is 1.29. The summed E-state index contributed by atoms with van der Waals surface area (Å²) in [7, 11) is 4.46. The summed E-state index contributed by atoms with van der Waals surface area (Å²) in [6, 6.07) is 8.58. The molecule has 1 aromatic carbocycles. The second-order valence-corrected chi connectivity index (χ2v) is 3.14. The van der Waals surface area contributed by atoms with E-state index in [0.717, 1.165) is 13.1 Å². The molecule has 1 aromatic rings. The van der Waals surface area contributed by atoms with Crippen LogP contribution in [0.2, 0.25) is 0 Å². The smallest absolute Gasteiger partial charge is 0.0237 e. The van der Waals surface area contributed by atoms with Gasteiger partial charge in [-0.3, -0.25) is 5.09 Å². The lowest BCUT2D eigenvalue weighted by Crippen LogP contribution is -2.05. The summed E-state index contributed by atoms with van der Waals surface area (Å²) in [6.45, 7) is 1.85. The van der Waals surface area contributed by atoms with E-state index < -0.39 is 0 Å². The first-order chi connectivity index (χ1) is 5.86. The Balaban J connectivity index is 2.58. The molecule has 12 heavy (non-hydrogen) atoms. The molecule has 2 N–H and O–H groups in total. The first kappa shape index (κ1) is 9.66. The van der Waals surface area contributed by atoms with E-state index in [2.05, 4.69) is 44.1 Å². The highest BCUT2D eigenvalue weighted by molar-refractivity contribution is 7.13. The van der Waals surface area contributed by atoms with Crippen molar-refractivity contribution in [3.8, 4) is 0 Å². The van der Waals surface area contributed by atoms with Crippen molar-refractivity contribution in [2.45, 2.75) is 13.1 Å². The summed E-state index contributed by atoms with van der Waals surface area (Å²) in [5.74, 6) is 0. The van der Waals surface area contributed by atoms with Gasteiger partial charge in [-0.2, -0.15) is 0 Å². The molecule has 0 heterocycles. The molecule has 2 nitrogen and oxygen atoms in total. The number of nitrogens with one attached hydrogen (secondary N) is 2. The molecule has 0 saturated heterocycles. The van der Waals surface area contributed by atoms with E-state index in [4.69, 9.17) is 0 Å². The lowest BCUT2D eigenvalue weighted by Gasteiger charge is -2.02. The van der Waals surface area contributed by atoms with Crippen LogP contribution in [0.15, 0.2) is 24.3 Å². The molecule has 0 amide bonds. The molecule has 1 unspecified atom stereocenters. The zero-order valence-electron chi connectivity index (χ0n) is 7.30. The standard InChI is InChI=1S/C9H15N2P/c1-10-6-8-2-4-9(5-3-8)7-11-12/h2-5,10-11H,6-7,12H2,1H3. The fraction of sp³-hybridized carbons (Fsp3) is 0.333. The highest BCUT2D eigenvalue weighted by Gasteiger charge is 1.91. The van der Waals surface area contributed by atoms with Gasteiger partial charge in [-0.25, -0.2) is 0 Å². The van der Waals surface area contributed by atoms with E-state index in [1.54, 1.807) is 0 Å². The van der Waals surface area contributed by atoms with Crippen molar-refractivity contribution in [3.63, 3.8) is 0 Å². The van der Waals surface area contributed by atoms with Crippen molar-refractivity contribution in [1.29, 1.82) is 0 Å². The van der Waals surface area contributed by atoms with Gasteiger partial charge >= 0.3 is 0 Å². The first-order valence-electron chi connectivity index (χ1n) is 4.02. The Morgan fingerprint density at radius 3 is 2.00 bits per heavy atom. The Bertz CT molecular complexity index is 195. The molecule has 0 aliphatic heterocycles. The summed E-state index contributed by atoms with van der Waals surface area (Å²) in [5, 5.41) is 6.15. The minimum atomic E-state index is 0.907. The van der Waals surface area contributed by atoms with E-state index >= 15 is 0 Å². The first-order valence-corrected chi connectivity index (χ1v) is 4.60. The van der Waals surface area contributed by atoms with Crippen LogP contribution in [0.3, 0.4) is 0 Å². The summed E-state index contributed by atoms with van der Waals surface area (Å²) in [4.78, 5) is 0. The Labute approximate surface area is 76.0 Å². The Morgan fingerprint density at radius 1 is 1.08 bits per heavy atom. The van der Waals surface area contributed by atoms with Gasteiger partial charge in [-0.05, 0) is 18.2 Å². The molecule has 0 saturated carbocycles. The molecule has 0 fully saturated rings. The van der Waals surface area contributed by atoms with E-state index in [1.807, 2.05) is 7.05 Å². The van der Waals surface area contributed by atoms with Crippen molar-refractivity contribution in [2.24, 2.45) is 0 Å². The molecule has 1 atom stereocenters. The molecular formula is C9H15N2P. The molecule has 0 spiro atoms. The third-order valence-corrected chi connectivity index (χ3v) is 1.91. The van der Waals surface area contributed by atoms with Crippen molar-refractivity contribution in [1.82, 2.24) is 10.4 Å². The van der Waals surface area contributed by atoms with E-state index in [1.165, 1.54) is 11.1 Å². The van der Waals surface area contributed by atoms with E-state index in [0.29, 0.717) is 0 Å². The molecule has 1 rings (SSSR count). The fourth-order valence-corrected chi connectivity index (χ4v) is 1.33. The van der Waals surface area contributed by atoms with Crippen LogP contribution in [0.5, 0.6) is 0 Å². The average molecular weight is 182 g/mol. The third kappa shape index (κ3) is 2.90. The normalized spacial score (nSPS) is 10.2. The highest BCUT2D eigenvalue weighted by atomic mass is 31.0. The van der Waals surface area contributed by atoms with Crippen LogP contribution in [-0.2, 0) is 13.1 Å². The zero-order chi connectivity index (χ0) is 8.81. The van der Waals surface area contributed by atoms with Gasteiger partial charge < -0.3 is 5.32 Å². The van der Waals surface area contributed by atoms with Gasteiger partial charge in [0.15, 0.2) is 0 Å². The maximum absolute atomic E-state index is 3.12. The van der Waals surface area contributed by atoms with Crippen molar-refractivity contribution in [2.75, 3.05) is 7.05 Å². The van der Waals surface area contributed by atoms with Crippen molar-refractivity contribution in [3.05, 3.63) is 35.4 Å². The van der Waals surface area contributed by atoms with Gasteiger partial charge in [-0.15, -0.1) is 0 Å². The second kappa shape index (κ2) is 5.26. The number of benzene rings is 1. The molecular weight excluding hydrogens is 167 g/mol. The lowest BCUT2D eigenvalue weighted by molar-refractivity contribution is 0.816. The quantitative estimate of drug-likeness (QED) is 0.685. The Hall–Kier alpha value is -0.430. The molecule has 0 aliphatic carbocycles. The van der Waals surface area contributed by atoms with Gasteiger partial charge in [0, 0.05) is 13.1 Å². The maximum Gasteiger partial charge on any atom is 0.0237 e. The second-order valence-electron chi connectivity index (χ2n) is 2.73. The predicted molar refractivity (Wildman–Crippen MR) is 55.8 cm³/mol. The topological polar surface area (TPSA) is 24.1 Å². The molecule has 0 radical (unpaired) electrons. The van der Waals surface area contributed by atoms with Crippen LogP contribution in [0.25, 0.3) is 0 Å². The highest BCUT2D eigenvalue weighted by Crippen LogP contribution is 2.04. The summed E-state index contributed by atoms with van der Waals surface area (Å²) >= 11 is 0.